The molecule has 8 heteroatoms. The van der Waals surface area contributed by atoms with Crippen molar-refractivity contribution >= 4 is 17.8 Å². The molecule has 0 bridgehead atoms. The molecule has 2 heterocycles. The summed E-state index contributed by atoms with van der Waals surface area (Å²) in [5.74, 6) is -0.742. The molecule has 4 amide bonds. The number of aromatic nitrogens is 2. The van der Waals surface area contributed by atoms with E-state index in [-0.39, 0.29) is 12.5 Å². The van der Waals surface area contributed by atoms with Crippen molar-refractivity contribution in [2.75, 3.05) is 6.54 Å². The van der Waals surface area contributed by atoms with Crippen LogP contribution < -0.4 is 10.6 Å². The minimum Gasteiger partial charge on any atom is -0.350 e. The number of urea groups is 1. The van der Waals surface area contributed by atoms with Gasteiger partial charge in [-0.1, -0.05) is 18.2 Å². The highest BCUT2D eigenvalue weighted by atomic mass is 16.2. The quantitative estimate of drug-likeness (QED) is 0.787. The number of imide groups is 1. The van der Waals surface area contributed by atoms with E-state index in [2.05, 4.69) is 15.6 Å². The van der Waals surface area contributed by atoms with Crippen LogP contribution in [0.25, 0.3) is 5.69 Å². The Kier molecular flexibility index (Phi) is 4.26. The zero-order chi connectivity index (χ0) is 18.0. The number of benzene rings is 1. The Morgan fingerprint density at radius 2 is 2.04 bits per heavy atom. The van der Waals surface area contributed by atoms with Gasteiger partial charge < -0.3 is 14.8 Å². The van der Waals surface area contributed by atoms with E-state index in [0.29, 0.717) is 6.54 Å². The fourth-order valence-corrected chi connectivity index (χ4v) is 2.67. The molecule has 3 rings (SSSR count). The second kappa shape index (κ2) is 6.39. The largest absolute Gasteiger partial charge is 0.350 e. The van der Waals surface area contributed by atoms with Crippen molar-refractivity contribution in [3.8, 4) is 5.69 Å². The van der Waals surface area contributed by atoms with E-state index >= 15 is 0 Å². The summed E-state index contributed by atoms with van der Waals surface area (Å²) in [7, 11) is 0. The zero-order valence-electron chi connectivity index (χ0n) is 14.0. The Morgan fingerprint density at radius 3 is 2.68 bits per heavy atom. The number of imidazole rings is 1. The number of amides is 4. The van der Waals surface area contributed by atoms with Gasteiger partial charge in [-0.3, -0.25) is 14.9 Å². The lowest BCUT2D eigenvalue weighted by Crippen LogP contribution is -2.48. The maximum Gasteiger partial charge on any atom is 0.325 e. The van der Waals surface area contributed by atoms with Crippen LogP contribution >= 0.6 is 0 Å². The van der Waals surface area contributed by atoms with Crippen molar-refractivity contribution < 1.29 is 14.4 Å². The molecule has 0 radical (unpaired) electrons. The normalized spacial score (nSPS) is 16.0. The third-order valence-corrected chi connectivity index (χ3v) is 4.25. The minimum atomic E-state index is -1.04. The van der Waals surface area contributed by atoms with E-state index in [1.165, 1.54) is 4.90 Å². The maximum atomic E-state index is 12.2. The van der Waals surface area contributed by atoms with Crippen molar-refractivity contribution in [2.45, 2.75) is 25.9 Å². The smallest absolute Gasteiger partial charge is 0.325 e. The van der Waals surface area contributed by atoms with Gasteiger partial charge >= 0.3 is 6.03 Å². The third kappa shape index (κ3) is 3.23. The lowest BCUT2D eigenvalue weighted by atomic mass is 10.0. The number of carbonyl (C=O) groups is 3. The van der Waals surface area contributed by atoms with Gasteiger partial charge in [-0.15, -0.1) is 0 Å². The second-order valence-electron chi connectivity index (χ2n) is 6.28. The summed E-state index contributed by atoms with van der Waals surface area (Å²) in [5, 5.41) is 5.02. The first-order valence-corrected chi connectivity index (χ1v) is 7.85. The number of rotatable bonds is 5. The van der Waals surface area contributed by atoms with Crippen LogP contribution in [-0.2, 0) is 16.1 Å². The summed E-state index contributed by atoms with van der Waals surface area (Å²) in [5.41, 5.74) is 0.785. The maximum absolute atomic E-state index is 12.2. The molecule has 2 N–H and O–H groups in total. The van der Waals surface area contributed by atoms with Gasteiger partial charge in [0.1, 0.15) is 12.1 Å². The van der Waals surface area contributed by atoms with Gasteiger partial charge in [0.25, 0.3) is 5.91 Å². The van der Waals surface area contributed by atoms with Gasteiger partial charge in [-0.05, 0) is 25.5 Å². The van der Waals surface area contributed by atoms with Gasteiger partial charge in [-0.2, -0.15) is 0 Å². The number of carbonyl (C=O) groups excluding carboxylic acids is 3. The van der Waals surface area contributed by atoms with Crippen LogP contribution in [0, 0.1) is 0 Å². The Bertz CT molecular complexity index is 813. The third-order valence-electron chi connectivity index (χ3n) is 4.25. The molecule has 2 aromatic rings. The first kappa shape index (κ1) is 16.7. The molecule has 0 saturated carbocycles. The average Bonchev–Trinajstić information content (AvgIpc) is 3.17. The molecular formula is C17H19N5O3. The van der Waals surface area contributed by atoms with Crippen LogP contribution in [-0.4, -0.2) is 44.4 Å². The molecule has 0 atom stereocenters. The van der Waals surface area contributed by atoms with Crippen molar-refractivity contribution in [3.63, 3.8) is 0 Å². The van der Waals surface area contributed by atoms with Crippen LogP contribution in [0.3, 0.4) is 0 Å². The highest BCUT2D eigenvalue weighted by Crippen LogP contribution is 2.20. The number of nitrogens with zero attached hydrogens (tertiary/aromatic N) is 3. The molecular weight excluding hydrogens is 322 g/mol. The number of hydrogen-bond acceptors (Lipinski definition) is 4. The highest BCUT2D eigenvalue weighted by molar-refractivity contribution is 6.07. The molecule has 25 heavy (non-hydrogen) atoms. The highest BCUT2D eigenvalue weighted by Gasteiger charge is 2.46. The number of nitrogens with one attached hydrogen (secondary N) is 2. The molecule has 1 aromatic heterocycles. The summed E-state index contributed by atoms with van der Waals surface area (Å²) < 4.78 is 1.86. The van der Waals surface area contributed by atoms with Crippen LogP contribution in [0.2, 0.25) is 0 Å². The zero-order valence-corrected chi connectivity index (χ0v) is 14.0. The van der Waals surface area contributed by atoms with Crippen molar-refractivity contribution in [1.29, 1.82) is 0 Å². The molecule has 1 aliphatic rings. The van der Waals surface area contributed by atoms with Crippen LogP contribution in [0.15, 0.2) is 43.0 Å². The van der Waals surface area contributed by atoms with E-state index < -0.39 is 17.5 Å². The molecule has 1 aliphatic heterocycles. The van der Waals surface area contributed by atoms with E-state index in [1.807, 2.05) is 35.0 Å². The summed E-state index contributed by atoms with van der Waals surface area (Å²) in [4.78, 5) is 41.1. The van der Waals surface area contributed by atoms with Crippen LogP contribution in [0.5, 0.6) is 0 Å². The lowest BCUT2D eigenvalue weighted by Gasteiger charge is -2.27. The molecule has 0 unspecified atom stereocenters. The van der Waals surface area contributed by atoms with Gasteiger partial charge in [0.05, 0.1) is 12.0 Å². The number of hydrogen-bond donors (Lipinski definition) is 2. The van der Waals surface area contributed by atoms with Crippen LogP contribution in [0.1, 0.15) is 19.4 Å². The Morgan fingerprint density at radius 1 is 1.28 bits per heavy atom. The molecule has 8 nitrogen and oxygen atoms in total. The molecule has 1 saturated heterocycles. The molecule has 0 spiro atoms. The fraction of sp³-hybridized carbons (Fsp3) is 0.294. The van der Waals surface area contributed by atoms with Gasteiger partial charge in [0.15, 0.2) is 0 Å². The topological polar surface area (TPSA) is 96.3 Å². The SMILES string of the molecule is CC1(C)C(=O)NC(=O)N1CC(=O)NCc1ccccc1-n1ccnc1. The Labute approximate surface area is 144 Å². The lowest BCUT2D eigenvalue weighted by molar-refractivity contribution is -0.127. The second-order valence-corrected chi connectivity index (χ2v) is 6.28. The van der Waals surface area contributed by atoms with E-state index in [1.54, 1.807) is 26.4 Å². The predicted molar refractivity (Wildman–Crippen MR) is 89.7 cm³/mol. The van der Waals surface area contributed by atoms with Gasteiger partial charge in [-0.25, -0.2) is 9.78 Å². The van der Waals surface area contributed by atoms with Gasteiger partial charge in [0.2, 0.25) is 5.91 Å². The summed E-state index contributed by atoms with van der Waals surface area (Å²) in [6.07, 6.45) is 5.19. The van der Waals surface area contributed by atoms with Crippen molar-refractivity contribution in [3.05, 3.63) is 48.5 Å². The number of para-hydroxylation sites is 1. The van der Waals surface area contributed by atoms with Crippen LogP contribution in [0.4, 0.5) is 4.79 Å². The van der Waals surface area contributed by atoms with E-state index in [0.717, 1.165) is 11.3 Å². The molecule has 1 fully saturated rings. The average molecular weight is 341 g/mol. The first-order chi connectivity index (χ1) is 11.9. The van der Waals surface area contributed by atoms with E-state index in [4.69, 9.17) is 0 Å². The summed E-state index contributed by atoms with van der Waals surface area (Å²) in [6, 6.07) is 7.08. The Balaban J connectivity index is 1.66. The first-order valence-electron chi connectivity index (χ1n) is 7.85. The summed E-state index contributed by atoms with van der Waals surface area (Å²) in [6.45, 7) is 3.33. The predicted octanol–water partition coefficient (Wildman–Crippen LogP) is 0.819. The van der Waals surface area contributed by atoms with Crippen molar-refractivity contribution in [2.24, 2.45) is 0 Å². The Hall–Kier alpha value is -3.16. The van der Waals surface area contributed by atoms with Crippen molar-refractivity contribution in [1.82, 2.24) is 25.1 Å². The fourth-order valence-electron chi connectivity index (χ4n) is 2.67. The monoisotopic (exact) mass is 341 g/mol. The minimum absolute atomic E-state index is 0.183. The molecule has 0 aliphatic carbocycles. The van der Waals surface area contributed by atoms with Gasteiger partial charge in [0, 0.05) is 18.9 Å². The molecule has 1 aromatic carbocycles. The standard InChI is InChI=1S/C17H19N5O3/c1-17(2)15(24)20-16(25)22(17)10-14(23)19-9-12-5-3-4-6-13(12)21-8-7-18-11-21/h3-8,11H,9-10H2,1-2H3,(H,19,23)(H,20,24,25). The molecule has 130 valence electrons. The van der Waals surface area contributed by atoms with E-state index in [9.17, 15) is 14.4 Å². The summed E-state index contributed by atoms with van der Waals surface area (Å²) >= 11 is 0.